The Morgan fingerprint density at radius 3 is 1.90 bits per heavy atom. The van der Waals surface area contributed by atoms with Crippen molar-refractivity contribution in [2.75, 3.05) is 0 Å². The van der Waals surface area contributed by atoms with E-state index in [0.29, 0.717) is 0 Å². The molecule has 0 saturated heterocycles. The number of aliphatic carboxylic acids is 1. The molecule has 0 amide bonds. The summed E-state index contributed by atoms with van der Waals surface area (Å²) in [5.41, 5.74) is 5.51. The third-order valence-electron chi connectivity index (χ3n) is 2.01. The van der Waals surface area contributed by atoms with E-state index >= 15 is 0 Å². The van der Waals surface area contributed by atoms with E-state index in [1.807, 2.05) is 13.8 Å². The number of carbonyl (C=O) groups is 1. The molecule has 3 heteroatoms. The summed E-state index contributed by atoms with van der Waals surface area (Å²) in [6.07, 6.45) is 0. The lowest BCUT2D eigenvalue weighted by atomic mass is 9.90. The van der Waals surface area contributed by atoms with Crippen LogP contribution in [0.3, 0.4) is 0 Å². The highest BCUT2D eigenvalue weighted by molar-refractivity contribution is 5.69. The second-order valence-corrected chi connectivity index (χ2v) is 2.85. The van der Waals surface area contributed by atoms with Crippen molar-refractivity contribution in [1.82, 2.24) is 0 Å². The van der Waals surface area contributed by atoms with Gasteiger partial charge in [-0.05, 0) is 12.8 Å². The van der Waals surface area contributed by atoms with Gasteiger partial charge in [-0.2, -0.15) is 0 Å². The number of carboxylic acid groups (broad SMARTS) is 1. The fourth-order valence-electron chi connectivity index (χ4n) is 0.680. The zero-order valence-corrected chi connectivity index (χ0v) is 6.66. The lowest BCUT2D eigenvalue weighted by molar-refractivity contribution is -0.142. The van der Waals surface area contributed by atoms with Crippen LogP contribution in [0.25, 0.3) is 0 Å². The molecule has 0 spiro atoms. The van der Waals surface area contributed by atoms with Crippen LogP contribution in [0, 0.1) is 11.8 Å². The van der Waals surface area contributed by atoms with Crippen LogP contribution < -0.4 is 5.73 Å². The van der Waals surface area contributed by atoms with Gasteiger partial charge in [0.2, 0.25) is 0 Å². The SMILES string of the molecule is CC(N)C(C)C(C)C(=O)O. The van der Waals surface area contributed by atoms with Gasteiger partial charge in [-0.25, -0.2) is 0 Å². The normalized spacial score (nSPS) is 19.6. The maximum atomic E-state index is 10.4. The van der Waals surface area contributed by atoms with Gasteiger partial charge in [0.1, 0.15) is 0 Å². The Morgan fingerprint density at radius 2 is 1.80 bits per heavy atom. The number of nitrogens with two attached hydrogens (primary N) is 1. The minimum Gasteiger partial charge on any atom is -0.481 e. The van der Waals surface area contributed by atoms with E-state index in [9.17, 15) is 4.79 Å². The van der Waals surface area contributed by atoms with Crippen LogP contribution in [0.1, 0.15) is 20.8 Å². The minimum atomic E-state index is -0.773. The Balaban J connectivity index is 3.94. The monoisotopic (exact) mass is 145 g/mol. The van der Waals surface area contributed by atoms with Gasteiger partial charge < -0.3 is 10.8 Å². The molecular weight excluding hydrogens is 130 g/mol. The Hall–Kier alpha value is -0.570. The molecule has 0 heterocycles. The van der Waals surface area contributed by atoms with Crippen molar-refractivity contribution in [2.24, 2.45) is 17.6 Å². The summed E-state index contributed by atoms with van der Waals surface area (Å²) < 4.78 is 0. The maximum Gasteiger partial charge on any atom is 0.306 e. The first-order chi connectivity index (χ1) is 4.46. The van der Waals surface area contributed by atoms with Gasteiger partial charge >= 0.3 is 5.97 Å². The smallest absolute Gasteiger partial charge is 0.306 e. The average molecular weight is 145 g/mol. The summed E-state index contributed by atoms with van der Waals surface area (Å²) in [5.74, 6) is -1.08. The molecule has 0 aromatic carbocycles. The van der Waals surface area contributed by atoms with E-state index in [4.69, 9.17) is 10.8 Å². The minimum absolute atomic E-state index is 0.0394. The highest BCUT2D eigenvalue weighted by atomic mass is 16.4. The van der Waals surface area contributed by atoms with Gasteiger partial charge in [-0.15, -0.1) is 0 Å². The molecule has 10 heavy (non-hydrogen) atoms. The fraction of sp³-hybridized carbons (Fsp3) is 0.857. The molecule has 3 unspecified atom stereocenters. The molecule has 3 atom stereocenters. The van der Waals surface area contributed by atoms with Crippen LogP contribution in [-0.4, -0.2) is 17.1 Å². The Bertz CT molecular complexity index is 123. The summed E-state index contributed by atoms with van der Waals surface area (Å²) in [4.78, 5) is 10.4. The average Bonchev–Trinajstić information content (AvgIpc) is 1.84. The molecule has 0 aromatic rings. The fourth-order valence-corrected chi connectivity index (χ4v) is 0.680. The largest absolute Gasteiger partial charge is 0.481 e. The Labute approximate surface area is 61.2 Å². The first-order valence-electron chi connectivity index (χ1n) is 3.45. The van der Waals surface area contributed by atoms with E-state index < -0.39 is 5.97 Å². The summed E-state index contributed by atoms with van der Waals surface area (Å²) in [6.45, 7) is 5.35. The van der Waals surface area contributed by atoms with Crippen molar-refractivity contribution in [3.05, 3.63) is 0 Å². The Kier molecular flexibility index (Phi) is 3.36. The topological polar surface area (TPSA) is 63.3 Å². The first kappa shape index (κ1) is 9.43. The van der Waals surface area contributed by atoms with E-state index in [1.165, 1.54) is 0 Å². The molecule has 0 aliphatic carbocycles. The van der Waals surface area contributed by atoms with Crippen molar-refractivity contribution < 1.29 is 9.90 Å². The molecule has 0 rings (SSSR count). The predicted octanol–water partition coefficient (Wildman–Crippen LogP) is 0.690. The lowest BCUT2D eigenvalue weighted by Crippen LogP contribution is -2.32. The van der Waals surface area contributed by atoms with Crippen LogP contribution >= 0.6 is 0 Å². The highest BCUT2D eigenvalue weighted by Crippen LogP contribution is 2.13. The predicted molar refractivity (Wildman–Crippen MR) is 39.6 cm³/mol. The standard InChI is InChI=1S/C7H15NO2/c1-4(6(3)8)5(2)7(9)10/h4-6H,8H2,1-3H3,(H,9,10). The van der Waals surface area contributed by atoms with Crippen molar-refractivity contribution in [1.29, 1.82) is 0 Å². The van der Waals surface area contributed by atoms with E-state index in [1.54, 1.807) is 6.92 Å². The molecular formula is C7H15NO2. The van der Waals surface area contributed by atoms with E-state index in [-0.39, 0.29) is 17.9 Å². The molecule has 3 nitrogen and oxygen atoms in total. The van der Waals surface area contributed by atoms with Crippen LogP contribution in [0.5, 0.6) is 0 Å². The molecule has 0 aromatic heterocycles. The molecule has 0 fully saturated rings. The van der Waals surface area contributed by atoms with Gasteiger partial charge in [0, 0.05) is 6.04 Å². The van der Waals surface area contributed by atoms with Gasteiger partial charge in [-0.3, -0.25) is 4.79 Å². The van der Waals surface area contributed by atoms with E-state index in [0.717, 1.165) is 0 Å². The highest BCUT2D eigenvalue weighted by Gasteiger charge is 2.21. The van der Waals surface area contributed by atoms with Crippen LogP contribution in [0.15, 0.2) is 0 Å². The van der Waals surface area contributed by atoms with Crippen LogP contribution in [0.2, 0.25) is 0 Å². The van der Waals surface area contributed by atoms with Crippen molar-refractivity contribution in [3.63, 3.8) is 0 Å². The summed E-state index contributed by atoms with van der Waals surface area (Å²) in [6, 6.07) is -0.0499. The molecule has 0 aliphatic heterocycles. The maximum absolute atomic E-state index is 10.4. The second kappa shape index (κ2) is 3.56. The van der Waals surface area contributed by atoms with Crippen molar-refractivity contribution in [3.8, 4) is 0 Å². The quantitative estimate of drug-likeness (QED) is 0.614. The summed E-state index contributed by atoms with van der Waals surface area (Å²) >= 11 is 0. The van der Waals surface area contributed by atoms with Crippen LogP contribution in [-0.2, 0) is 4.79 Å². The molecule has 3 N–H and O–H groups in total. The van der Waals surface area contributed by atoms with Gasteiger partial charge in [0.25, 0.3) is 0 Å². The zero-order chi connectivity index (χ0) is 8.31. The second-order valence-electron chi connectivity index (χ2n) is 2.85. The Morgan fingerprint density at radius 1 is 1.40 bits per heavy atom. The summed E-state index contributed by atoms with van der Waals surface area (Å²) in [5, 5.41) is 8.55. The van der Waals surface area contributed by atoms with Gasteiger partial charge in [-0.1, -0.05) is 13.8 Å². The third kappa shape index (κ3) is 2.35. The van der Waals surface area contributed by atoms with Crippen molar-refractivity contribution >= 4 is 5.97 Å². The van der Waals surface area contributed by atoms with E-state index in [2.05, 4.69) is 0 Å². The zero-order valence-electron chi connectivity index (χ0n) is 6.66. The molecule has 0 saturated carbocycles. The van der Waals surface area contributed by atoms with Gasteiger partial charge in [0.05, 0.1) is 5.92 Å². The molecule has 0 aliphatic rings. The number of hydrogen-bond acceptors (Lipinski definition) is 2. The first-order valence-corrected chi connectivity index (χ1v) is 3.45. The molecule has 0 radical (unpaired) electrons. The van der Waals surface area contributed by atoms with Crippen molar-refractivity contribution in [2.45, 2.75) is 26.8 Å². The number of carboxylic acids is 1. The molecule has 60 valence electrons. The summed E-state index contributed by atoms with van der Waals surface area (Å²) in [7, 11) is 0. The molecule has 0 bridgehead atoms. The van der Waals surface area contributed by atoms with Gasteiger partial charge in [0.15, 0.2) is 0 Å². The lowest BCUT2D eigenvalue weighted by Gasteiger charge is -2.19. The number of rotatable bonds is 3. The third-order valence-corrected chi connectivity index (χ3v) is 2.01. The number of hydrogen-bond donors (Lipinski definition) is 2. The van der Waals surface area contributed by atoms with Crippen LogP contribution in [0.4, 0.5) is 0 Å².